The first-order valence-corrected chi connectivity index (χ1v) is 11.1. The maximum absolute atomic E-state index is 13.3. The number of fused-ring (bicyclic) bond motifs is 2. The molecule has 9 nitrogen and oxygen atoms in total. The predicted molar refractivity (Wildman–Crippen MR) is 123 cm³/mol. The van der Waals surface area contributed by atoms with Crippen molar-refractivity contribution in [1.29, 1.82) is 0 Å². The minimum absolute atomic E-state index is 0.0912. The number of carbonyl (C=O) groups is 3. The summed E-state index contributed by atoms with van der Waals surface area (Å²) in [5.74, 6) is -0.434. The van der Waals surface area contributed by atoms with E-state index < -0.39 is 11.8 Å². The van der Waals surface area contributed by atoms with Crippen molar-refractivity contribution in [3.8, 4) is 5.75 Å². The second-order valence-electron chi connectivity index (χ2n) is 8.35. The van der Waals surface area contributed by atoms with E-state index in [0.29, 0.717) is 35.5 Å². The second-order valence-corrected chi connectivity index (χ2v) is 8.35. The molecule has 0 saturated carbocycles. The van der Waals surface area contributed by atoms with Crippen LogP contribution >= 0.6 is 0 Å². The Hall–Kier alpha value is -3.66. The van der Waals surface area contributed by atoms with Crippen molar-refractivity contribution in [2.75, 3.05) is 31.3 Å². The number of hydrogen-bond acceptors (Lipinski definition) is 5. The lowest BCUT2D eigenvalue weighted by molar-refractivity contribution is -0.133. The van der Waals surface area contributed by atoms with Gasteiger partial charge < -0.3 is 30.3 Å². The highest BCUT2D eigenvalue weighted by Gasteiger charge is 2.39. The van der Waals surface area contributed by atoms with Crippen molar-refractivity contribution >= 4 is 29.2 Å². The van der Waals surface area contributed by atoms with Crippen LogP contribution in [0.2, 0.25) is 0 Å². The molecule has 2 heterocycles. The van der Waals surface area contributed by atoms with Crippen LogP contribution in [0, 0.1) is 5.82 Å². The summed E-state index contributed by atoms with van der Waals surface area (Å²) >= 11 is 0. The molecule has 4 rings (SSSR count). The van der Waals surface area contributed by atoms with E-state index in [1.54, 1.807) is 43.3 Å². The van der Waals surface area contributed by atoms with Gasteiger partial charge in [0.05, 0.1) is 24.1 Å². The average molecular weight is 471 g/mol. The molecular formula is C24H27FN4O5. The molecule has 2 aliphatic rings. The summed E-state index contributed by atoms with van der Waals surface area (Å²) in [6.07, 6.45) is 1.01. The lowest BCUT2D eigenvalue weighted by atomic mass is 9.94. The van der Waals surface area contributed by atoms with Gasteiger partial charge in [0.1, 0.15) is 24.3 Å². The molecule has 34 heavy (non-hydrogen) atoms. The van der Waals surface area contributed by atoms with Crippen molar-refractivity contribution in [3.05, 3.63) is 53.8 Å². The Morgan fingerprint density at radius 1 is 1.12 bits per heavy atom. The molecule has 3 atom stereocenters. The maximum Gasteiger partial charge on any atom is 0.323 e. The first-order valence-electron chi connectivity index (χ1n) is 11.1. The lowest BCUT2D eigenvalue weighted by Gasteiger charge is -2.42. The first kappa shape index (κ1) is 23.5. The summed E-state index contributed by atoms with van der Waals surface area (Å²) in [6.45, 7) is 0.229. The summed E-state index contributed by atoms with van der Waals surface area (Å²) in [6, 6.07) is 9.56. The van der Waals surface area contributed by atoms with E-state index in [4.69, 9.17) is 9.47 Å². The number of anilines is 2. The molecule has 0 aromatic heterocycles. The Morgan fingerprint density at radius 2 is 1.88 bits per heavy atom. The van der Waals surface area contributed by atoms with Crippen molar-refractivity contribution < 1.29 is 28.2 Å². The number of nitrogens with one attached hydrogen (secondary N) is 3. The number of benzene rings is 2. The molecule has 0 spiro atoms. The van der Waals surface area contributed by atoms with Crippen LogP contribution in [-0.2, 0) is 9.53 Å². The highest BCUT2D eigenvalue weighted by molar-refractivity contribution is 6.02. The Kier molecular flexibility index (Phi) is 6.97. The van der Waals surface area contributed by atoms with E-state index in [2.05, 4.69) is 16.0 Å². The zero-order valence-electron chi connectivity index (χ0n) is 19.0. The third-order valence-corrected chi connectivity index (χ3v) is 6.04. The summed E-state index contributed by atoms with van der Waals surface area (Å²) in [5, 5.41) is 7.81. The molecular weight excluding hydrogens is 443 g/mol. The Balaban J connectivity index is 1.47. The standard InChI is InChI=1S/C24H27FN4O5/c1-26-22(30)12-17-7-8-19-21(34-17)13-33-20-9-6-16(11-18(20)23(31)29(19)2)28-24(32)27-15-5-3-4-14(25)10-15/h3-6,9-11,17,19,21H,7-8,12-13H2,1-2H3,(H,26,30)(H2,27,28,32)/t17-,19-,21-/m1/s1. The number of urea groups is 1. The van der Waals surface area contributed by atoms with Crippen LogP contribution < -0.4 is 20.7 Å². The fraction of sp³-hybridized carbons (Fsp3) is 0.375. The number of halogens is 1. The number of hydrogen-bond donors (Lipinski definition) is 3. The number of carbonyl (C=O) groups excluding carboxylic acids is 3. The summed E-state index contributed by atoms with van der Waals surface area (Å²) in [4.78, 5) is 39.0. The van der Waals surface area contributed by atoms with Crippen molar-refractivity contribution in [2.24, 2.45) is 0 Å². The van der Waals surface area contributed by atoms with Gasteiger partial charge in [-0.1, -0.05) is 6.07 Å². The highest BCUT2D eigenvalue weighted by Crippen LogP contribution is 2.32. The van der Waals surface area contributed by atoms with Gasteiger partial charge in [-0.25, -0.2) is 9.18 Å². The molecule has 1 fully saturated rings. The molecule has 2 aromatic rings. The molecule has 2 aliphatic heterocycles. The average Bonchev–Trinajstić information content (AvgIpc) is 2.81. The minimum Gasteiger partial charge on any atom is -0.490 e. The van der Waals surface area contributed by atoms with Crippen LogP contribution in [0.25, 0.3) is 0 Å². The lowest BCUT2D eigenvalue weighted by Crippen LogP contribution is -2.53. The smallest absolute Gasteiger partial charge is 0.323 e. The topological polar surface area (TPSA) is 109 Å². The van der Waals surface area contributed by atoms with Gasteiger partial charge in [0.2, 0.25) is 5.91 Å². The molecule has 10 heteroatoms. The van der Waals surface area contributed by atoms with E-state index in [9.17, 15) is 18.8 Å². The van der Waals surface area contributed by atoms with Gasteiger partial charge in [0.25, 0.3) is 5.91 Å². The van der Waals surface area contributed by atoms with E-state index in [1.807, 2.05) is 0 Å². The van der Waals surface area contributed by atoms with E-state index in [1.165, 1.54) is 18.2 Å². The maximum atomic E-state index is 13.3. The Morgan fingerprint density at radius 3 is 2.62 bits per heavy atom. The second kappa shape index (κ2) is 10.1. The van der Waals surface area contributed by atoms with Crippen molar-refractivity contribution in [1.82, 2.24) is 10.2 Å². The molecule has 0 bridgehead atoms. The van der Waals surface area contributed by atoms with Gasteiger partial charge in [-0.3, -0.25) is 9.59 Å². The summed E-state index contributed by atoms with van der Waals surface area (Å²) < 4.78 is 25.4. The van der Waals surface area contributed by atoms with Crippen LogP contribution in [0.15, 0.2) is 42.5 Å². The largest absolute Gasteiger partial charge is 0.490 e. The zero-order chi connectivity index (χ0) is 24.2. The molecule has 0 aliphatic carbocycles. The number of nitrogens with zero attached hydrogens (tertiary/aromatic N) is 1. The summed E-state index contributed by atoms with van der Waals surface area (Å²) in [7, 11) is 3.30. The van der Waals surface area contributed by atoms with Crippen LogP contribution in [0.4, 0.5) is 20.6 Å². The molecule has 4 amide bonds. The van der Waals surface area contributed by atoms with E-state index >= 15 is 0 Å². The Bertz CT molecular complexity index is 1090. The molecule has 0 unspecified atom stereocenters. The molecule has 2 aromatic carbocycles. The zero-order valence-corrected chi connectivity index (χ0v) is 19.0. The third-order valence-electron chi connectivity index (χ3n) is 6.04. The van der Waals surface area contributed by atoms with Crippen LogP contribution in [0.5, 0.6) is 5.75 Å². The van der Waals surface area contributed by atoms with Gasteiger partial charge >= 0.3 is 6.03 Å². The molecule has 180 valence electrons. The van der Waals surface area contributed by atoms with Crippen molar-refractivity contribution in [3.63, 3.8) is 0 Å². The quantitative estimate of drug-likeness (QED) is 0.637. The van der Waals surface area contributed by atoms with Gasteiger partial charge in [-0.2, -0.15) is 0 Å². The van der Waals surface area contributed by atoms with Crippen molar-refractivity contribution in [2.45, 2.75) is 37.5 Å². The molecule has 3 N–H and O–H groups in total. The number of rotatable bonds is 4. The van der Waals surface area contributed by atoms with Gasteiger partial charge in [0, 0.05) is 25.5 Å². The van der Waals surface area contributed by atoms with Crippen LogP contribution in [0.3, 0.4) is 0 Å². The molecule has 0 radical (unpaired) electrons. The van der Waals surface area contributed by atoms with Gasteiger partial charge in [0.15, 0.2) is 0 Å². The van der Waals surface area contributed by atoms with Crippen LogP contribution in [0.1, 0.15) is 29.6 Å². The van der Waals surface area contributed by atoms with Gasteiger partial charge in [-0.15, -0.1) is 0 Å². The monoisotopic (exact) mass is 470 g/mol. The van der Waals surface area contributed by atoms with Gasteiger partial charge in [-0.05, 0) is 49.2 Å². The highest BCUT2D eigenvalue weighted by atomic mass is 19.1. The summed E-state index contributed by atoms with van der Waals surface area (Å²) in [5.41, 5.74) is 1.01. The third kappa shape index (κ3) is 5.28. The number of ether oxygens (including phenoxy) is 2. The van der Waals surface area contributed by atoms with E-state index in [0.717, 1.165) is 0 Å². The predicted octanol–water partition coefficient (Wildman–Crippen LogP) is 2.99. The number of likely N-dealkylation sites (N-methyl/N-ethyl adjacent to an activating group) is 1. The first-order chi connectivity index (χ1) is 16.3. The number of amides is 4. The van der Waals surface area contributed by atoms with Crippen LogP contribution in [-0.4, -0.2) is 61.7 Å². The fourth-order valence-corrected chi connectivity index (χ4v) is 4.27. The normalized spacial score (nSPS) is 21.8. The van der Waals surface area contributed by atoms with E-state index in [-0.39, 0.29) is 43.1 Å². The Labute approximate surface area is 196 Å². The minimum atomic E-state index is -0.569. The fourth-order valence-electron chi connectivity index (χ4n) is 4.27. The SMILES string of the molecule is CNC(=O)C[C@H]1CC[C@@H]2[C@@H](COc3ccc(NC(=O)Nc4cccc(F)c4)cc3C(=O)N2C)O1. The molecule has 1 saturated heterocycles.